The Labute approximate surface area is 134 Å². The lowest BCUT2D eigenvalue weighted by molar-refractivity contribution is -0.136. The van der Waals surface area contributed by atoms with E-state index >= 15 is 0 Å². The molecule has 0 atom stereocenters. The van der Waals surface area contributed by atoms with Crippen LogP contribution in [0.4, 0.5) is 0 Å². The van der Waals surface area contributed by atoms with Crippen molar-refractivity contribution in [2.45, 2.75) is 20.8 Å². The second-order valence-electron chi connectivity index (χ2n) is 5.62. The minimum absolute atomic E-state index is 0.176. The van der Waals surface area contributed by atoms with Crippen LogP contribution in [0.3, 0.4) is 0 Å². The quantitative estimate of drug-likeness (QED) is 0.670. The number of allylic oxidation sites excluding steroid dienone is 1. The predicted molar refractivity (Wildman–Crippen MR) is 89.3 cm³/mol. The molecule has 0 amide bonds. The standard InChI is InChI=1S/C18H19NO4/c1-10(2)16(18(22)23)14(17(20)21)9-13-11(3)19(4)15-8-6-5-7-12(13)15/h5-9H,1-4H3,(H,20,21)(H,22,23)/b14-9-. The molecule has 2 N–H and O–H groups in total. The fraction of sp³-hybridized carbons (Fsp3) is 0.222. The van der Waals surface area contributed by atoms with Gasteiger partial charge in [-0.1, -0.05) is 23.8 Å². The molecule has 0 spiro atoms. The molecule has 0 aliphatic heterocycles. The maximum atomic E-state index is 11.6. The molecular weight excluding hydrogens is 294 g/mol. The van der Waals surface area contributed by atoms with Gasteiger partial charge < -0.3 is 14.8 Å². The van der Waals surface area contributed by atoms with E-state index in [9.17, 15) is 19.8 Å². The summed E-state index contributed by atoms with van der Waals surface area (Å²) >= 11 is 0. The molecule has 0 saturated heterocycles. The van der Waals surface area contributed by atoms with Crippen LogP contribution < -0.4 is 0 Å². The molecule has 0 aliphatic carbocycles. The second kappa shape index (κ2) is 6.12. The Kier molecular flexibility index (Phi) is 4.40. The minimum atomic E-state index is -1.25. The first kappa shape index (κ1) is 16.5. The first-order valence-corrected chi connectivity index (χ1v) is 7.15. The lowest BCUT2D eigenvalue weighted by Crippen LogP contribution is -2.12. The third-order valence-corrected chi connectivity index (χ3v) is 3.95. The molecule has 1 aromatic carbocycles. The van der Waals surface area contributed by atoms with E-state index in [-0.39, 0.29) is 11.1 Å². The monoisotopic (exact) mass is 313 g/mol. The summed E-state index contributed by atoms with van der Waals surface area (Å²) in [7, 11) is 1.90. The number of hydrogen-bond acceptors (Lipinski definition) is 2. The smallest absolute Gasteiger partial charge is 0.336 e. The normalized spacial score (nSPS) is 11.6. The lowest BCUT2D eigenvalue weighted by Gasteiger charge is -2.07. The van der Waals surface area contributed by atoms with Crippen LogP contribution in [0.1, 0.15) is 25.1 Å². The van der Waals surface area contributed by atoms with Crippen molar-refractivity contribution in [3.63, 3.8) is 0 Å². The fourth-order valence-electron chi connectivity index (χ4n) is 2.72. The number of nitrogens with zero attached hydrogens (tertiary/aromatic N) is 1. The van der Waals surface area contributed by atoms with Crippen LogP contribution in [-0.2, 0) is 16.6 Å². The van der Waals surface area contributed by atoms with Crippen molar-refractivity contribution in [2.24, 2.45) is 7.05 Å². The molecule has 1 aromatic heterocycles. The van der Waals surface area contributed by atoms with Gasteiger partial charge in [-0.25, -0.2) is 9.59 Å². The van der Waals surface area contributed by atoms with Crippen LogP contribution in [0, 0.1) is 6.92 Å². The molecule has 5 heteroatoms. The zero-order valence-electron chi connectivity index (χ0n) is 13.5. The van der Waals surface area contributed by atoms with Crippen molar-refractivity contribution in [3.8, 4) is 0 Å². The maximum Gasteiger partial charge on any atom is 0.336 e. The van der Waals surface area contributed by atoms with Crippen molar-refractivity contribution in [1.29, 1.82) is 0 Å². The van der Waals surface area contributed by atoms with Gasteiger partial charge in [0.2, 0.25) is 0 Å². The molecular formula is C18H19NO4. The minimum Gasteiger partial charge on any atom is -0.478 e. The molecule has 1 heterocycles. The molecule has 5 nitrogen and oxygen atoms in total. The number of carboxylic acids is 2. The Morgan fingerprint density at radius 1 is 1.09 bits per heavy atom. The van der Waals surface area contributed by atoms with Gasteiger partial charge in [-0.3, -0.25) is 0 Å². The van der Waals surface area contributed by atoms with Crippen LogP contribution in [-0.4, -0.2) is 26.7 Å². The molecule has 23 heavy (non-hydrogen) atoms. The van der Waals surface area contributed by atoms with Gasteiger partial charge >= 0.3 is 11.9 Å². The molecule has 0 bridgehead atoms. The van der Waals surface area contributed by atoms with Gasteiger partial charge in [0, 0.05) is 29.2 Å². The Hall–Kier alpha value is -2.82. The van der Waals surface area contributed by atoms with Crippen LogP contribution in [0.15, 0.2) is 41.0 Å². The molecule has 0 saturated carbocycles. The van der Waals surface area contributed by atoms with Crippen molar-refractivity contribution in [1.82, 2.24) is 4.57 Å². The van der Waals surface area contributed by atoms with E-state index < -0.39 is 11.9 Å². The second-order valence-corrected chi connectivity index (χ2v) is 5.62. The van der Waals surface area contributed by atoms with Crippen LogP contribution in [0.2, 0.25) is 0 Å². The lowest BCUT2D eigenvalue weighted by atomic mass is 9.98. The van der Waals surface area contributed by atoms with Gasteiger partial charge in [-0.05, 0) is 32.9 Å². The van der Waals surface area contributed by atoms with Crippen molar-refractivity contribution < 1.29 is 19.8 Å². The first-order valence-electron chi connectivity index (χ1n) is 7.15. The Morgan fingerprint density at radius 2 is 1.70 bits per heavy atom. The van der Waals surface area contributed by atoms with Crippen LogP contribution in [0.25, 0.3) is 17.0 Å². The van der Waals surface area contributed by atoms with E-state index in [2.05, 4.69) is 0 Å². The topological polar surface area (TPSA) is 79.5 Å². The van der Waals surface area contributed by atoms with Crippen LogP contribution in [0.5, 0.6) is 0 Å². The summed E-state index contributed by atoms with van der Waals surface area (Å²) in [6.07, 6.45) is 1.45. The third kappa shape index (κ3) is 2.90. The molecule has 2 aromatic rings. The van der Waals surface area contributed by atoms with Crippen molar-refractivity contribution in [3.05, 3.63) is 52.2 Å². The Balaban J connectivity index is 2.81. The molecule has 0 aliphatic rings. The van der Waals surface area contributed by atoms with Gasteiger partial charge in [0.25, 0.3) is 0 Å². The fourth-order valence-corrected chi connectivity index (χ4v) is 2.72. The summed E-state index contributed by atoms with van der Waals surface area (Å²) in [5.41, 5.74) is 2.63. The zero-order valence-corrected chi connectivity index (χ0v) is 13.5. The maximum absolute atomic E-state index is 11.6. The van der Waals surface area contributed by atoms with Gasteiger partial charge in [0.1, 0.15) is 0 Å². The number of para-hydroxylation sites is 1. The molecule has 0 unspecified atom stereocenters. The number of rotatable bonds is 4. The van der Waals surface area contributed by atoms with Gasteiger partial charge in [0.15, 0.2) is 0 Å². The highest BCUT2D eigenvalue weighted by molar-refractivity contribution is 6.10. The zero-order chi connectivity index (χ0) is 17.3. The summed E-state index contributed by atoms with van der Waals surface area (Å²) in [5.74, 6) is -2.49. The van der Waals surface area contributed by atoms with Crippen molar-refractivity contribution >= 4 is 28.9 Å². The SMILES string of the molecule is CC(C)=C(C(=O)O)/C(=C/c1c(C)n(C)c2ccccc12)C(=O)O. The number of hydrogen-bond donors (Lipinski definition) is 2. The Morgan fingerprint density at radius 3 is 2.22 bits per heavy atom. The number of fused-ring (bicyclic) bond motifs is 1. The average Bonchev–Trinajstić information content (AvgIpc) is 2.71. The predicted octanol–water partition coefficient (Wildman–Crippen LogP) is 3.38. The number of aryl methyl sites for hydroxylation is 1. The number of carbonyl (C=O) groups is 2. The highest BCUT2D eigenvalue weighted by Crippen LogP contribution is 2.29. The molecule has 0 radical (unpaired) electrons. The summed E-state index contributed by atoms with van der Waals surface area (Å²) in [4.78, 5) is 23.1. The van der Waals surface area contributed by atoms with E-state index in [0.29, 0.717) is 5.57 Å². The average molecular weight is 313 g/mol. The van der Waals surface area contributed by atoms with E-state index in [1.165, 1.54) is 6.08 Å². The molecule has 2 rings (SSSR count). The summed E-state index contributed by atoms with van der Waals surface area (Å²) in [6.45, 7) is 5.07. The van der Waals surface area contributed by atoms with E-state index in [4.69, 9.17) is 0 Å². The highest BCUT2D eigenvalue weighted by atomic mass is 16.4. The molecule has 120 valence electrons. The number of carboxylic acid groups (broad SMARTS) is 2. The highest BCUT2D eigenvalue weighted by Gasteiger charge is 2.22. The largest absolute Gasteiger partial charge is 0.478 e. The van der Waals surface area contributed by atoms with Crippen molar-refractivity contribution in [2.75, 3.05) is 0 Å². The number of aromatic nitrogens is 1. The Bertz CT molecular complexity index is 865. The van der Waals surface area contributed by atoms with E-state index in [0.717, 1.165) is 22.2 Å². The summed E-state index contributed by atoms with van der Waals surface area (Å²) in [5, 5.41) is 19.8. The van der Waals surface area contributed by atoms with Gasteiger partial charge in [-0.2, -0.15) is 0 Å². The molecule has 0 fully saturated rings. The van der Waals surface area contributed by atoms with Gasteiger partial charge in [0.05, 0.1) is 11.1 Å². The third-order valence-electron chi connectivity index (χ3n) is 3.95. The number of benzene rings is 1. The summed E-state index contributed by atoms with van der Waals surface area (Å²) < 4.78 is 1.96. The first-order chi connectivity index (χ1) is 10.8. The van der Waals surface area contributed by atoms with E-state index in [1.807, 2.05) is 42.8 Å². The van der Waals surface area contributed by atoms with Crippen LogP contribution >= 0.6 is 0 Å². The number of aliphatic carboxylic acids is 2. The van der Waals surface area contributed by atoms with Gasteiger partial charge in [-0.15, -0.1) is 0 Å². The summed E-state index contributed by atoms with van der Waals surface area (Å²) in [6, 6.07) is 7.63. The van der Waals surface area contributed by atoms with E-state index in [1.54, 1.807) is 13.8 Å².